The Morgan fingerprint density at radius 3 is 2.50 bits per heavy atom. The van der Waals surface area contributed by atoms with Crippen LogP contribution in [0.25, 0.3) is 10.8 Å². The number of halogens is 3. The van der Waals surface area contributed by atoms with Crippen molar-refractivity contribution < 1.29 is 18.0 Å². The van der Waals surface area contributed by atoms with E-state index in [1.54, 1.807) is 24.3 Å². The third kappa shape index (κ3) is 3.44. The van der Waals surface area contributed by atoms with E-state index in [4.69, 9.17) is 0 Å². The molecule has 0 saturated heterocycles. The Bertz CT molecular complexity index is 1040. The van der Waals surface area contributed by atoms with Gasteiger partial charge < -0.3 is 5.32 Å². The molecule has 2 aromatic carbocycles. The quantitative estimate of drug-likeness (QED) is 0.780. The zero-order valence-electron chi connectivity index (χ0n) is 13.7. The predicted molar refractivity (Wildman–Crippen MR) is 89.6 cm³/mol. The molecule has 134 valence electrons. The van der Waals surface area contributed by atoms with Crippen molar-refractivity contribution in [2.45, 2.75) is 12.7 Å². The fourth-order valence-electron chi connectivity index (χ4n) is 2.59. The summed E-state index contributed by atoms with van der Waals surface area (Å²) in [5.74, 6) is -0.575. The van der Waals surface area contributed by atoms with Gasteiger partial charge in [0.05, 0.1) is 10.9 Å². The van der Waals surface area contributed by atoms with Crippen LogP contribution < -0.4 is 10.9 Å². The highest BCUT2D eigenvalue weighted by atomic mass is 19.4. The van der Waals surface area contributed by atoms with Gasteiger partial charge in [0.25, 0.3) is 11.5 Å². The minimum atomic E-state index is -4.45. The number of carbonyl (C=O) groups is 1. The molecular formula is C18H14F3N3O2. The van der Waals surface area contributed by atoms with Crippen LogP contribution in [0.5, 0.6) is 0 Å². The zero-order valence-corrected chi connectivity index (χ0v) is 13.7. The number of benzene rings is 2. The van der Waals surface area contributed by atoms with Crippen molar-refractivity contribution in [2.75, 3.05) is 0 Å². The third-order valence-electron chi connectivity index (χ3n) is 3.88. The molecule has 5 nitrogen and oxygen atoms in total. The molecule has 0 fully saturated rings. The maximum absolute atomic E-state index is 12.8. The Hall–Kier alpha value is -3.16. The van der Waals surface area contributed by atoms with Gasteiger partial charge in [0.15, 0.2) is 5.69 Å². The van der Waals surface area contributed by atoms with Crippen LogP contribution in [0.2, 0.25) is 0 Å². The normalized spacial score (nSPS) is 11.5. The van der Waals surface area contributed by atoms with Gasteiger partial charge in [-0.25, -0.2) is 4.68 Å². The molecule has 3 aromatic rings. The summed E-state index contributed by atoms with van der Waals surface area (Å²) in [5.41, 5.74) is -0.776. The Kier molecular flexibility index (Phi) is 4.50. The number of aromatic nitrogens is 2. The fourth-order valence-corrected chi connectivity index (χ4v) is 2.59. The van der Waals surface area contributed by atoms with Crippen molar-refractivity contribution in [2.24, 2.45) is 7.05 Å². The molecule has 1 N–H and O–H groups in total. The maximum Gasteiger partial charge on any atom is 0.416 e. The van der Waals surface area contributed by atoms with E-state index >= 15 is 0 Å². The number of aryl methyl sites for hydroxylation is 1. The lowest BCUT2D eigenvalue weighted by Crippen LogP contribution is -2.29. The molecule has 0 radical (unpaired) electrons. The number of nitrogens with one attached hydrogen (secondary N) is 1. The van der Waals surface area contributed by atoms with Crippen LogP contribution >= 0.6 is 0 Å². The molecule has 3 rings (SSSR count). The van der Waals surface area contributed by atoms with Crippen LogP contribution in [0.4, 0.5) is 13.2 Å². The largest absolute Gasteiger partial charge is 0.416 e. The molecule has 0 saturated carbocycles. The second kappa shape index (κ2) is 6.62. The topological polar surface area (TPSA) is 64.0 Å². The molecule has 0 aliphatic heterocycles. The van der Waals surface area contributed by atoms with E-state index in [1.165, 1.54) is 19.2 Å². The Balaban J connectivity index is 1.87. The van der Waals surface area contributed by atoms with E-state index in [0.29, 0.717) is 16.3 Å². The first-order valence-corrected chi connectivity index (χ1v) is 7.68. The zero-order chi connectivity index (χ0) is 18.9. The summed E-state index contributed by atoms with van der Waals surface area (Å²) >= 11 is 0. The highest BCUT2D eigenvalue weighted by Gasteiger charge is 2.30. The summed E-state index contributed by atoms with van der Waals surface area (Å²) in [6.07, 6.45) is -4.45. The highest BCUT2D eigenvalue weighted by Crippen LogP contribution is 2.29. The number of nitrogens with zero attached hydrogens (tertiary/aromatic N) is 2. The van der Waals surface area contributed by atoms with Gasteiger partial charge >= 0.3 is 6.18 Å². The molecule has 0 spiro atoms. The van der Waals surface area contributed by atoms with Gasteiger partial charge in [0.2, 0.25) is 0 Å². The first-order valence-electron chi connectivity index (χ1n) is 7.68. The van der Waals surface area contributed by atoms with Crippen LogP contribution in [-0.4, -0.2) is 15.7 Å². The average Bonchev–Trinajstić information content (AvgIpc) is 2.62. The molecule has 0 aliphatic carbocycles. The molecule has 26 heavy (non-hydrogen) atoms. The fraction of sp³-hybridized carbons (Fsp3) is 0.167. The van der Waals surface area contributed by atoms with E-state index in [0.717, 1.165) is 16.8 Å². The van der Waals surface area contributed by atoms with Crippen LogP contribution in [0, 0.1) is 0 Å². The lowest BCUT2D eigenvalue weighted by molar-refractivity contribution is -0.137. The molecule has 1 amide bonds. The lowest BCUT2D eigenvalue weighted by Gasteiger charge is -2.11. The molecule has 0 unspecified atom stereocenters. The van der Waals surface area contributed by atoms with Crippen molar-refractivity contribution in [3.63, 3.8) is 0 Å². The summed E-state index contributed by atoms with van der Waals surface area (Å²) in [6.45, 7) is -0.0956. The summed E-state index contributed by atoms with van der Waals surface area (Å²) < 4.78 is 39.3. The van der Waals surface area contributed by atoms with Gasteiger partial charge in [-0.3, -0.25) is 9.59 Å². The van der Waals surface area contributed by atoms with E-state index in [9.17, 15) is 22.8 Å². The first kappa shape index (κ1) is 17.7. The Morgan fingerprint density at radius 1 is 1.12 bits per heavy atom. The van der Waals surface area contributed by atoms with Crippen molar-refractivity contribution >= 4 is 16.7 Å². The monoisotopic (exact) mass is 361 g/mol. The van der Waals surface area contributed by atoms with Crippen LogP contribution in [0.3, 0.4) is 0 Å². The molecule has 0 aliphatic rings. The van der Waals surface area contributed by atoms with E-state index in [-0.39, 0.29) is 17.8 Å². The van der Waals surface area contributed by atoms with Gasteiger partial charge in [-0.2, -0.15) is 18.3 Å². The number of hydrogen-bond donors (Lipinski definition) is 1. The molecule has 1 aromatic heterocycles. The number of alkyl halides is 3. The number of fused-ring (bicyclic) bond motifs is 1. The van der Waals surface area contributed by atoms with Crippen LogP contribution in [0.15, 0.2) is 53.3 Å². The van der Waals surface area contributed by atoms with E-state index in [2.05, 4.69) is 10.4 Å². The Morgan fingerprint density at radius 2 is 1.81 bits per heavy atom. The van der Waals surface area contributed by atoms with Crippen LogP contribution in [0.1, 0.15) is 21.6 Å². The molecule has 0 bridgehead atoms. The Labute approximate surface area is 146 Å². The summed E-state index contributed by atoms with van der Waals surface area (Å²) in [7, 11) is 1.43. The summed E-state index contributed by atoms with van der Waals surface area (Å²) in [4.78, 5) is 24.5. The molecule has 8 heteroatoms. The second-order valence-electron chi connectivity index (χ2n) is 5.70. The molecular weight excluding hydrogens is 347 g/mol. The first-order chi connectivity index (χ1) is 12.3. The SMILES string of the molecule is Cn1nc(C(=O)NCc2cccc(C(F)(F)F)c2)c2ccccc2c1=O. The minimum absolute atomic E-state index is 0.0367. The summed E-state index contributed by atoms with van der Waals surface area (Å²) in [6, 6.07) is 11.2. The smallest absolute Gasteiger partial charge is 0.347 e. The molecule has 0 atom stereocenters. The van der Waals surface area contributed by atoms with E-state index in [1.807, 2.05) is 0 Å². The van der Waals surface area contributed by atoms with Crippen LogP contribution in [-0.2, 0) is 19.8 Å². The van der Waals surface area contributed by atoms with Gasteiger partial charge in [0, 0.05) is 19.0 Å². The minimum Gasteiger partial charge on any atom is -0.347 e. The van der Waals surface area contributed by atoms with Gasteiger partial charge in [-0.05, 0) is 23.8 Å². The predicted octanol–water partition coefficient (Wildman–Crippen LogP) is 2.88. The standard InChI is InChI=1S/C18H14F3N3O2/c1-24-17(26)14-8-3-2-7-13(14)15(23-24)16(25)22-10-11-5-4-6-12(9-11)18(19,20)21/h2-9H,10H2,1H3,(H,22,25). The van der Waals surface area contributed by atoms with Crippen molar-refractivity contribution in [3.8, 4) is 0 Å². The summed E-state index contributed by atoms with van der Waals surface area (Å²) in [5, 5.41) is 7.26. The molecule has 1 heterocycles. The number of rotatable bonds is 3. The maximum atomic E-state index is 12.8. The number of hydrogen-bond acceptors (Lipinski definition) is 3. The van der Waals surface area contributed by atoms with Gasteiger partial charge in [0.1, 0.15) is 0 Å². The van der Waals surface area contributed by atoms with Crippen molar-refractivity contribution in [3.05, 3.63) is 75.7 Å². The van der Waals surface area contributed by atoms with Crippen molar-refractivity contribution in [1.82, 2.24) is 15.1 Å². The lowest BCUT2D eigenvalue weighted by atomic mass is 10.1. The van der Waals surface area contributed by atoms with Gasteiger partial charge in [-0.1, -0.05) is 30.3 Å². The second-order valence-corrected chi connectivity index (χ2v) is 5.70. The number of amides is 1. The van der Waals surface area contributed by atoms with Crippen molar-refractivity contribution in [1.29, 1.82) is 0 Å². The van der Waals surface area contributed by atoms with E-state index < -0.39 is 17.6 Å². The average molecular weight is 361 g/mol. The highest BCUT2D eigenvalue weighted by molar-refractivity contribution is 6.04. The third-order valence-corrected chi connectivity index (χ3v) is 3.88. The van der Waals surface area contributed by atoms with Gasteiger partial charge in [-0.15, -0.1) is 0 Å². The number of carbonyl (C=O) groups excluding carboxylic acids is 1.